The largest absolute Gasteiger partial charge is 0.347 e. The maximum Gasteiger partial charge on any atom is 0.255 e. The normalized spacial score (nSPS) is 11.5. The minimum absolute atomic E-state index is 0.198. The third kappa shape index (κ3) is 2.45. The molecule has 3 heteroatoms. The van der Waals surface area contributed by atoms with Gasteiger partial charge in [-0.25, -0.2) is 0 Å². The molecule has 2 aromatic carbocycles. The molecule has 2 rings (SSSR count). The van der Waals surface area contributed by atoms with Gasteiger partial charge in [-0.15, -0.1) is 0 Å². The summed E-state index contributed by atoms with van der Waals surface area (Å²) in [5, 5.41) is 16.4. The van der Waals surface area contributed by atoms with Gasteiger partial charge in [0.1, 0.15) is 0 Å². The third-order valence-corrected chi connectivity index (χ3v) is 2.61. The Morgan fingerprint density at radius 1 is 1.06 bits per heavy atom. The molecule has 0 aliphatic rings. The smallest absolute Gasteiger partial charge is 0.255 e. The number of carbonyl (C=O) groups excluding carboxylic acids is 1. The van der Waals surface area contributed by atoms with Gasteiger partial charge in [0.05, 0.1) is 5.56 Å². The monoisotopic (exact) mass is 242 g/mol. The highest BCUT2D eigenvalue weighted by Crippen LogP contribution is 2.29. The summed E-state index contributed by atoms with van der Waals surface area (Å²) in [5.41, 5.74) is -0.154. The Balaban J connectivity index is 2.46. The highest BCUT2D eigenvalue weighted by atomic mass is 16.3. The van der Waals surface area contributed by atoms with Crippen molar-refractivity contribution in [3.05, 3.63) is 42.0 Å². The van der Waals surface area contributed by atoms with Crippen LogP contribution in [0.5, 0.6) is 5.75 Å². The van der Waals surface area contributed by atoms with E-state index in [0.717, 1.165) is 5.39 Å². The summed E-state index contributed by atoms with van der Waals surface area (Å²) in [6, 6.07) is 10.7. The molecule has 93 valence electrons. The zero-order chi connectivity index (χ0) is 13.3. The van der Waals surface area contributed by atoms with Gasteiger partial charge < -0.3 is 5.32 Å². The van der Waals surface area contributed by atoms with Crippen LogP contribution in [0.3, 0.4) is 0 Å². The van der Waals surface area contributed by atoms with E-state index < -0.39 is 0 Å². The van der Waals surface area contributed by atoms with Crippen molar-refractivity contribution in [1.82, 2.24) is 5.32 Å². The van der Waals surface area contributed by atoms with Crippen molar-refractivity contribution < 1.29 is 9.90 Å². The molecule has 0 fully saturated rings. The molecule has 0 heterocycles. The van der Waals surface area contributed by atoms with Crippen molar-refractivity contribution in [3.8, 4) is 5.75 Å². The summed E-state index contributed by atoms with van der Waals surface area (Å²) in [5.74, 6) is -0.534. The van der Waals surface area contributed by atoms with Gasteiger partial charge in [0.15, 0.2) is 5.75 Å². The van der Waals surface area contributed by atoms with Crippen LogP contribution in [-0.4, -0.2) is 11.4 Å². The predicted octanol–water partition coefficient (Wildman–Crippen LogP) is 3.51. The molecule has 3 nitrogen and oxygen atoms in total. The standard InChI is InChI=1S/C15H16NO2/c1-15(2,3)16-14(18)12-9-8-10-6-4-5-7-11(10)13(12)17/h4-9H,1-3H3,(H,16,18). The van der Waals surface area contributed by atoms with Crippen molar-refractivity contribution >= 4 is 16.7 Å². The Morgan fingerprint density at radius 2 is 1.72 bits per heavy atom. The van der Waals surface area contributed by atoms with Crippen LogP contribution in [0.1, 0.15) is 31.1 Å². The van der Waals surface area contributed by atoms with Crippen LogP contribution in [0.2, 0.25) is 0 Å². The predicted molar refractivity (Wildman–Crippen MR) is 71.3 cm³/mol. The zero-order valence-corrected chi connectivity index (χ0v) is 10.8. The first kappa shape index (κ1) is 12.4. The quantitative estimate of drug-likeness (QED) is 0.817. The number of benzene rings is 2. The van der Waals surface area contributed by atoms with Gasteiger partial charge in [-0.2, -0.15) is 0 Å². The summed E-state index contributed by atoms with van der Waals surface area (Å²) in [7, 11) is 0. The van der Waals surface area contributed by atoms with Crippen LogP contribution in [-0.2, 0) is 5.11 Å². The lowest BCUT2D eigenvalue weighted by Crippen LogP contribution is -2.40. The van der Waals surface area contributed by atoms with Gasteiger partial charge in [0.2, 0.25) is 0 Å². The fourth-order valence-electron chi connectivity index (χ4n) is 1.83. The summed E-state index contributed by atoms with van der Waals surface area (Å²) in [6.07, 6.45) is 0. The van der Waals surface area contributed by atoms with Crippen molar-refractivity contribution in [1.29, 1.82) is 0 Å². The molecule has 1 radical (unpaired) electrons. The second-order valence-electron chi connectivity index (χ2n) is 5.37. The average Bonchev–Trinajstić information content (AvgIpc) is 2.27. The summed E-state index contributed by atoms with van der Waals surface area (Å²) in [4.78, 5) is 12.0. The first-order valence-corrected chi connectivity index (χ1v) is 5.90. The molecule has 1 amide bonds. The molecule has 0 atom stereocenters. The molecule has 0 saturated heterocycles. The van der Waals surface area contributed by atoms with Gasteiger partial charge in [0, 0.05) is 10.9 Å². The first-order chi connectivity index (χ1) is 8.38. The summed E-state index contributed by atoms with van der Waals surface area (Å²) in [6.45, 7) is 5.66. The van der Waals surface area contributed by atoms with Gasteiger partial charge in [0.25, 0.3) is 5.91 Å². The zero-order valence-electron chi connectivity index (χ0n) is 10.8. The van der Waals surface area contributed by atoms with Crippen molar-refractivity contribution in [2.24, 2.45) is 0 Å². The molecule has 0 unspecified atom stereocenters. The van der Waals surface area contributed by atoms with Crippen LogP contribution in [0.4, 0.5) is 0 Å². The van der Waals surface area contributed by atoms with Crippen LogP contribution in [0.25, 0.3) is 10.8 Å². The van der Waals surface area contributed by atoms with Crippen molar-refractivity contribution in [2.45, 2.75) is 26.3 Å². The van der Waals surface area contributed by atoms with E-state index in [1.165, 1.54) is 0 Å². The van der Waals surface area contributed by atoms with E-state index in [-0.39, 0.29) is 22.8 Å². The molecule has 1 N–H and O–H groups in total. The summed E-state index contributed by atoms with van der Waals surface area (Å²) >= 11 is 0. The Labute approximate surface area is 106 Å². The molecule has 0 bridgehead atoms. The minimum Gasteiger partial charge on any atom is -0.347 e. The van der Waals surface area contributed by atoms with E-state index in [4.69, 9.17) is 0 Å². The lowest BCUT2D eigenvalue weighted by atomic mass is 10.0. The molecule has 0 saturated carbocycles. The second-order valence-corrected chi connectivity index (χ2v) is 5.37. The van der Waals surface area contributed by atoms with Crippen molar-refractivity contribution in [2.75, 3.05) is 0 Å². The van der Waals surface area contributed by atoms with E-state index in [1.807, 2.05) is 32.9 Å². The van der Waals surface area contributed by atoms with Gasteiger partial charge >= 0.3 is 0 Å². The van der Waals surface area contributed by atoms with Gasteiger partial charge in [-0.1, -0.05) is 30.3 Å². The van der Waals surface area contributed by atoms with Crippen LogP contribution in [0.15, 0.2) is 36.4 Å². The average molecular weight is 242 g/mol. The maximum absolute atomic E-state index is 12.2. The number of hydrogen-bond donors (Lipinski definition) is 1. The van der Waals surface area contributed by atoms with Crippen LogP contribution < -0.4 is 5.32 Å². The number of amides is 1. The highest BCUT2D eigenvalue weighted by molar-refractivity contribution is 6.03. The topological polar surface area (TPSA) is 49.0 Å². The van der Waals surface area contributed by atoms with E-state index in [2.05, 4.69) is 5.32 Å². The number of nitrogens with one attached hydrogen (secondary N) is 1. The minimum atomic E-state index is -0.352. The molecule has 0 aromatic heterocycles. The first-order valence-electron chi connectivity index (χ1n) is 5.90. The second kappa shape index (κ2) is 4.33. The SMILES string of the molecule is CC(C)(C)NC(=O)c1ccc2ccccc2c1[O]. The van der Waals surface area contributed by atoms with E-state index >= 15 is 0 Å². The molecule has 0 spiro atoms. The molecular weight excluding hydrogens is 226 g/mol. The Hall–Kier alpha value is -2.03. The Kier molecular flexibility index (Phi) is 2.99. The lowest BCUT2D eigenvalue weighted by molar-refractivity contribution is 0.0915. The Morgan fingerprint density at radius 3 is 2.39 bits per heavy atom. The summed E-state index contributed by atoms with van der Waals surface area (Å²) < 4.78 is 0. The molecule has 0 aliphatic heterocycles. The van der Waals surface area contributed by atoms with Crippen LogP contribution in [0, 0.1) is 0 Å². The molecule has 2 aromatic rings. The van der Waals surface area contributed by atoms with Gasteiger partial charge in [-0.05, 0) is 32.2 Å². The number of hydrogen-bond acceptors (Lipinski definition) is 1. The van der Waals surface area contributed by atoms with E-state index in [0.29, 0.717) is 5.39 Å². The van der Waals surface area contributed by atoms with E-state index in [9.17, 15) is 9.90 Å². The third-order valence-electron chi connectivity index (χ3n) is 2.61. The molecule has 18 heavy (non-hydrogen) atoms. The van der Waals surface area contributed by atoms with Crippen LogP contribution >= 0.6 is 0 Å². The number of carbonyl (C=O) groups is 1. The van der Waals surface area contributed by atoms with Gasteiger partial charge in [-0.3, -0.25) is 9.90 Å². The number of fused-ring (bicyclic) bond motifs is 1. The van der Waals surface area contributed by atoms with Crippen molar-refractivity contribution in [3.63, 3.8) is 0 Å². The lowest BCUT2D eigenvalue weighted by Gasteiger charge is -2.20. The fraction of sp³-hybridized carbons (Fsp3) is 0.267. The highest BCUT2D eigenvalue weighted by Gasteiger charge is 2.19. The maximum atomic E-state index is 12.2. The molecular formula is C15H16NO2. The number of rotatable bonds is 1. The fourth-order valence-corrected chi connectivity index (χ4v) is 1.83. The molecule has 0 aliphatic carbocycles. The Bertz CT molecular complexity index is 597. The van der Waals surface area contributed by atoms with E-state index in [1.54, 1.807) is 24.3 Å².